The second-order valence-electron chi connectivity index (χ2n) is 7.19. The first-order chi connectivity index (χ1) is 14.0. The fourth-order valence-corrected chi connectivity index (χ4v) is 5.82. The number of rotatable bonds is 6. The highest BCUT2D eigenvalue weighted by Gasteiger charge is 2.23. The zero-order valence-corrected chi connectivity index (χ0v) is 18.4. The maximum Gasteiger partial charge on any atom is 0.262 e. The van der Waals surface area contributed by atoms with Gasteiger partial charge < -0.3 is 9.64 Å². The highest BCUT2D eigenvalue weighted by atomic mass is 32.2. The van der Waals surface area contributed by atoms with Gasteiger partial charge in [-0.3, -0.25) is 14.2 Å². The highest BCUT2D eigenvalue weighted by molar-refractivity contribution is 7.99. The second-order valence-corrected chi connectivity index (χ2v) is 9.21. The third-order valence-corrected chi connectivity index (χ3v) is 7.41. The number of nitrogens with zero attached hydrogens (tertiary/aromatic N) is 3. The monoisotopic (exact) mass is 429 g/mol. The molecule has 0 N–H and O–H groups in total. The number of hydrogen-bond donors (Lipinski definition) is 0. The molecule has 0 unspecified atom stereocenters. The Morgan fingerprint density at radius 3 is 3.00 bits per heavy atom. The van der Waals surface area contributed by atoms with E-state index in [2.05, 4.69) is 0 Å². The topological polar surface area (TPSA) is 64.4 Å². The van der Waals surface area contributed by atoms with Gasteiger partial charge in [0.2, 0.25) is 5.91 Å². The van der Waals surface area contributed by atoms with Gasteiger partial charge in [-0.2, -0.15) is 0 Å². The van der Waals surface area contributed by atoms with Gasteiger partial charge in [-0.1, -0.05) is 23.9 Å². The third kappa shape index (κ3) is 3.91. The van der Waals surface area contributed by atoms with Crippen molar-refractivity contribution >= 4 is 39.2 Å². The zero-order valence-electron chi connectivity index (χ0n) is 16.7. The Hall–Kier alpha value is -2.32. The molecule has 2 heterocycles. The first-order valence-corrected chi connectivity index (χ1v) is 11.3. The number of carbonyl (C=O) groups is 1. The predicted molar refractivity (Wildman–Crippen MR) is 117 cm³/mol. The molecule has 1 amide bonds. The predicted octanol–water partition coefficient (Wildman–Crippen LogP) is 3.24. The van der Waals surface area contributed by atoms with Gasteiger partial charge in [0.25, 0.3) is 5.56 Å². The standard InChI is InChI=1S/C21H23N3O3S2/c1-23(11-13-6-4-7-14(10-13)27-3)17(25)12-28-21-22-19-18(20(26)24(21)2)15-8-5-9-16(15)29-19/h4,6-7,10H,5,8-9,11-12H2,1-3H3. The van der Waals surface area contributed by atoms with E-state index in [4.69, 9.17) is 9.72 Å². The van der Waals surface area contributed by atoms with Crippen LogP contribution in [0.1, 0.15) is 22.4 Å². The Balaban J connectivity index is 1.47. The first-order valence-electron chi connectivity index (χ1n) is 9.49. The van der Waals surface area contributed by atoms with Crippen molar-refractivity contribution in [3.63, 3.8) is 0 Å². The van der Waals surface area contributed by atoms with Gasteiger partial charge >= 0.3 is 0 Å². The summed E-state index contributed by atoms with van der Waals surface area (Å²) in [5, 5.41) is 1.36. The Morgan fingerprint density at radius 2 is 2.21 bits per heavy atom. The van der Waals surface area contributed by atoms with E-state index in [1.807, 2.05) is 24.3 Å². The molecule has 1 aliphatic rings. The zero-order chi connectivity index (χ0) is 20.5. The van der Waals surface area contributed by atoms with Crippen LogP contribution in [-0.4, -0.2) is 40.3 Å². The van der Waals surface area contributed by atoms with Gasteiger partial charge in [0.05, 0.1) is 18.2 Å². The fourth-order valence-electron chi connectivity index (χ4n) is 3.60. The van der Waals surface area contributed by atoms with Crippen LogP contribution in [0.4, 0.5) is 0 Å². The average molecular weight is 430 g/mol. The minimum Gasteiger partial charge on any atom is -0.497 e. The molecule has 3 aromatic rings. The van der Waals surface area contributed by atoms with Crippen LogP contribution >= 0.6 is 23.1 Å². The Labute approximate surface area is 177 Å². The van der Waals surface area contributed by atoms with E-state index in [1.54, 1.807) is 42.0 Å². The summed E-state index contributed by atoms with van der Waals surface area (Å²) in [6.07, 6.45) is 3.12. The number of ether oxygens (including phenoxy) is 1. The molecule has 0 saturated carbocycles. The number of hydrogen-bond acceptors (Lipinski definition) is 6. The number of aromatic nitrogens is 2. The number of thiophene rings is 1. The molecule has 8 heteroatoms. The summed E-state index contributed by atoms with van der Waals surface area (Å²) in [6, 6.07) is 7.68. The van der Waals surface area contributed by atoms with E-state index in [1.165, 1.54) is 22.2 Å². The number of thioether (sulfide) groups is 1. The van der Waals surface area contributed by atoms with Crippen LogP contribution in [0, 0.1) is 0 Å². The lowest BCUT2D eigenvalue weighted by Gasteiger charge is -2.17. The van der Waals surface area contributed by atoms with Crippen molar-refractivity contribution in [1.29, 1.82) is 0 Å². The molecular weight excluding hydrogens is 406 g/mol. The molecule has 4 rings (SSSR count). The SMILES string of the molecule is COc1cccc(CN(C)C(=O)CSc2nc3sc4c(c3c(=O)n2C)CCC4)c1. The summed E-state index contributed by atoms with van der Waals surface area (Å²) in [7, 11) is 5.14. The van der Waals surface area contributed by atoms with Crippen LogP contribution < -0.4 is 10.3 Å². The van der Waals surface area contributed by atoms with E-state index in [0.29, 0.717) is 11.7 Å². The highest BCUT2D eigenvalue weighted by Crippen LogP contribution is 2.35. The first kappa shape index (κ1) is 20.0. The van der Waals surface area contributed by atoms with E-state index in [9.17, 15) is 9.59 Å². The molecule has 0 saturated heterocycles. The second kappa shape index (κ2) is 8.20. The molecule has 0 radical (unpaired) electrons. The smallest absolute Gasteiger partial charge is 0.262 e. The van der Waals surface area contributed by atoms with Gasteiger partial charge in [-0.05, 0) is 42.5 Å². The van der Waals surface area contributed by atoms with E-state index < -0.39 is 0 Å². The maximum atomic E-state index is 12.9. The minimum atomic E-state index is -0.0131. The van der Waals surface area contributed by atoms with E-state index in [-0.39, 0.29) is 17.2 Å². The molecule has 0 aliphatic heterocycles. The maximum absolute atomic E-state index is 12.9. The molecule has 0 spiro atoms. The lowest BCUT2D eigenvalue weighted by Crippen LogP contribution is -2.28. The van der Waals surface area contributed by atoms with Crippen molar-refractivity contribution in [2.75, 3.05) is 19.9 Å². The molecule has 1 aliphatic carbocycles. The van der Waals surface area contributed by atoms with Crippen LogP contribution in [0.5, 0.6) is 5.75 Å². The summed E-state index contributed by atoms with van der Waals surface area (Å²) in [5.74, 6) is 0.992. The van der Waals surface area contributed by atoms with Crippen LogP contribution in [0.25, 0.3) is 10.2 Å². The van der Waals surface area contributed by atoms with Crippen LogP contribution in [0.3, 0.4) is 0 Å². The van der Waals surface area contributed by atoms with Crippen LogP contribution in [0.2, 0.25) is 0 Å². The molecule has 6 nitrogen and oxygen atoms in total. The van der Waals surface area contributed by atoms with Crippen molar-refractivity contribution in [2.24, 2.45) is 7.05 Å². The number of methoxy groups -OCH3 is 1. The molecular formula is C21H23N3O3S2. The van der Waals surface area contributed by atoms with Crippen LogP contribution in [-0.2, 0) is 31.2 Å². The van der Waals surface area contributed by atoms with Crippen molar-refractivity contribution in [3.8, 4) is 5.75 Å². The Bertz CT molecular complexity index is 1140. The molecule has 0 atom stereocenters. The van der Waals surface area contributed by atoms with E-state index in [0.717, 1.165) is 40.8 Å². The summed E-state index contributed by atoms with van der Waals surface area (Å²) >= 11 is 2.94. The molecule has 2 aromatic heterocycles. The summed E-state index contributed by atoms with van der Waals surface area (Å²) < 4.78 is 6.81. The quantitative estimate of drug-likeness (QED) is 0.445. The largest absolute Gasteiger partial charge is 0.497 e. The van der Waals surface area contributed by atoms with Crippen molar-refractivity contribution in [2.45, 2.75) is 31.0 Å². The van der Waals surface area contributed by atoms with Gasteiger partial charge in [0, 0.05) is 25.5 Å². The van der Waals surface area contributed by atoms with Gasteiger partial charge in [0.15, 0.2) is 5.16 Å². The molecule has 0 bridgehead atoms. The molecule has 0 fully saturated rings. The minimum absolute atomic E-state index is 0.00548. The number of aryl methyl sites for hydroxylation is 2. The molecule has 1 aromatic carbocycles. The number of fused-ring (bicyclic) bond motifs is 3. The fraction of sp³-hybridized carbons (Fsp3) is 0.381. The summed E-state index contributed by atoms with van der Waals surface area (Å²) in [4.78, 5) is 33.9. The normalized spacial score (nSPS) is 12.9. The molecule has 152 valence electrons. The lowest BCUT2D eigenvalue weighted by atomic mass is 10.2. The van der Waals surface area contributed by atoms with Gasteiger partial charge in [0.1, 0.15) is 10.6 Å². The van der Waals surface area contributed by atoms with Gasteiger partial charge in [-0.15, -0.1) is 11.3 Å². The number of benzene rings is 1. The van der Waals surface area contributed by atoms with Crippen molar-refractivity contribution < 1.29 is 9.53 Å². The van der Waals surface area contributed by atoms with E-state index >= 15 is 0 Å². The third-order valence-electron chi connectivity index (χ3n) is 5.21. The average Bonchev–Trinajstić information content (AvgIpc) is 3.30. The van der Waals surface area contributed by atoms with Crippen molar-refractivity contribution in [1.82, 2.24) is 14.5 Å². The molecule has 29 heavy (non-hydrogen) atoms. The Morgan fingerprint density at radius 1 is 1.38 bits per heavy atom. The van der Waals surface area contributed by atoms with Crippen LogP contribution in [0.15, 0.2) is 34.2 Å². The number of amides is 1. The van der Waals surface area contributed by atoms with Crippen molar-refractivity contribution in [3.05, 3.63) is 50.6 Å². The lowest BCUT2D eigenvalue weighted by molar-refractivity contribution is -0.127. The summed E-state index contributed by atoms with van der Waals surface area (Å²) in [5.41, 5.74) is 2.18. The van der Waals surface area contributed by atoms with Gasteiger partial charge in [-0.25, -0.2) is 4.98 Å². The number of carbonyl (C=O) groups excluding carboxylic acids is 1. The summed E-state index contributed by atoms with van der Waals surface area (Å²) in [6.45, 7) is 0.500. The Kier molecular flexibility index (Phi) is 5.65.